The zero-order valence-electron chi connectivity index (χ0n) is 26.1. The van der Waals surface area contributed by atoms with Gasteiger partial charge in [-0.2, -0.15) is 10.2 Å². The number of piperazine rings is 1. The molecule has 2 aromatic carbocycles. The number of aromatic nitrogens is 6. The number of nitrogens with zero attached hydrogens (tertiary/aromatic N) is 8. The van der Waals surface area contributed by atoms with Crippen LogP contribution in [0.15, 0.2) is 61.1 Å². The fourth-order valence-electron chi connectivity index (χ4n) is 6.39. The summed E-state index contributed by atoms with van der Waals surface area (Å²) in [6.07, 6.45) is 8.30. The average Bonchev–Trinajstić information content (AvgIpc) is 3.63. The molecule has 0 saturated carbocycles. The summed E-state index contributed by atoms with van der Waals surface area (Å²) in [6, 6.07) is 14.7. The van der Waals surface area contributed by atoms with Crippen molar-refractivity contribution in [2.75, 3.05) is 43.5 Å². The maximum absolute atomic E-state index is 11.7. The fourth-order valence-corrected chi connectivity index (χ4v) is 6.39. The van der Waals surface area contributed by atoms with E-state index in [0.29, 0.717) is 11.7 Å². The van der Waals surface area contributed by atoms with Crippen molar-refractivity contribution >= 4 is 23.2 Å². The van der Waals surface area contributed by atoms with Crippen LogP contribution in [0.5, 0.6) is 5.75 Å². The molecule has 2 aliphatic rings. The number of anilines is 3. The number of amides is 1. The topological polar surface area (TPSA) is 106 Å². The Balaban J connectivity index is 1.15. The number of hydrogen-bond donors (Lipinski definition) is 1. The van der Waals surface area contributed by atoms with E-state index in [2.05, 4.69) is 50.6 Å². The van der Waals surface area contributed by atoms with E-state index in [1.807, 2.05) is 59.1 Å². The molecule has 1 aliphatic carbocycles. The maximum atomic E-state index is 11.7. The van der Waals surface area contributed by atoms with Gasteiger partial charge in [0.2, 0.25) is 11.9 Å². The summed E-state index contributed by atoms with van der Waals surface area (Å²) < 4.78 is 9.61. The van der Waals surface area contributed by atoms with Crippen LogP contribution < -0.4 is 15.0 Å². The quantitative estimate of drug-likeness (QED) is 0.292. The molecule has 7 rings (SSSR count). The van der Waals surface area contributed by atoms with Crippen LogP contribution in [0.1, 0.15) is 29.4 Å². The lowest BCUT2D eigenvalue weighted by Gasteiger charge is -2.35. The highest BCUT2D eigenvalue weighted by Crippen LogP contribution is 2.37. The summed E-state index contributed by atoms with van der Waals surface area (Å²) in [4.78, 5) is 25.6. The standard InChI is InChI=1S/C34H37N9O2/c1-22(44)42-12-14-43(15-13-42)27-9-11-28(31(18-27)45-4)37-34-35-19-25-8-10-29-32(33(25)38-34)30(41(3)39-29)17-23-6-5-7-24(16-23)26-20-36-40(2)21-26/h5-7,9,11,16,18-21H,8,10,12-15,17H2,1-4H3,(H,35,37,38). The molecule has 5 aromatic rings. The summed E-state index contributed by atoms with van der Waals surface area (Å²) in [5, 5.41) is 12.7. The van der Waals surface area contributed by atoms with Crippen LogP contribution >= 0.6 is 0 Å². The second-order valence-corrected chi connectivity index (χ2v) is 11.7. The molecule has 1 saturated heterocycles. The first-order valence-electron chi connectivity index (χ1n) is 15.3. The van der Waals surface area contributed by atoms with Crippen molar-refractivity contribution in [3.63, 3.8) is 0 Å². The second kappa shape index (κ2) is 11.7. The first-order chi connectivity index (χ1) is 21.9. The number of carbonyl (C=O) groups excluding carboxylic acids is 1. The van der Waals surface area contributed by atoms with Gasteiger partial charge in [-0.05, 0) is 41.7 Å². The first kappa shape index (κ1) is 28.6. The van der Waals surface area contributed by atoms with Gasteiger partial charge in [0.1, 0.15) is 5.75 Å². The van der Waals surface area contributed by atoms with E-state index in [9.17, 15) is 4.79 Å². The van der Waals surface area contributed by atoms with E-state index in [0.717, 1.165) is 96.2 Å². The number of rotatable bonds is 7. The summed E-state index contributed by atoms with van der Waals surface area (Å²) in [5.41, 5.74) is 10.6. The number of benzene rings is 2. The molecular weight excluding hydrogens is 566 g/mol. The molecule has 11 nitrogen and oxygen atoms in total. The minimum atomic E-state index is 0.123. The van der Waals surface area contributed by atoms with Crippen molar-refractivity contribution in [1.29, 1.82) is 0 Å². The van der Waals surface area contributed by atoms with Gasteiger partial charge in [-0.1, -0.05) is 24.3 Å². The zero-order chi connectivity index (χ0) is 31.1. The third-order valence-electron chi connectivity index (χ3n) is 8.83. The van der Waals surface area contributed by atoms with Crippen LogP contribution in [-0.4, -0.2) is 73.6 Å². The third kappa shape index (κ3) is 5.61. The molecule has 0 bridgehead atoms. The number of nitrogens with one attached hydrogen (secondary N) is 1. The van der Waals surface area contributed by atoms with Crippen LogP contribution in [0.4, 0.5) is 17.3 Å². The summed E-state index contributed by atoms with van der Waals surface area (Å²) in [7, 11) is 5.62. The van der Waals surface area contributed by atoms with Crippen LogP contribution in [0, 0.1) is 0 Å². The molecule has 1 amide bonds. The van der Waals surface area contributed by atoms with E-state index in [1.54, 1.807) is 14.0 Å². The van der Waals surface area contributed by atoms with Gasteiger partial charge >= 0.3 is 0 Å². The van der Waals surface area contributed by atoms with E-state index in [-0.39, 0.29) is 5.91 Å². The van der Waals surface area contributed by atoms with Crippen molar-refractivity contribution in [1.82, 2.24) is 34.4 Å². The third-order valence-corrected chi connectivity index (χ3v) is 8.83. The summed E-state index contributed by atoms with van der Waals surface area (Å²) in [6.45, 7) is 4.63. The van der Waals surface area contributed by atoms with Crippen molar-refractivity contribution in [3.05, 3.63) is 83.6 Å². The van der Waals surface area contributed by atoms with E-state index >= 15 is 0 Å². The van der Waals surface area contributed by atoms with Gasteiger partial charge < -0.3 is 19.9 Å². The lowest BCUT2D eigenvalue weighted by atomic mass is 9.91. The Hall–Kier alpha value is -5.19. The first-order valence-corrected chi connectivity index (χ1v) is 15.3. The molecule has 0 atom stereocenters. The van der Waals surface area contributed by atoms with Crippen molar-refractivity contribution in [2.24, 2.45) is 14.1 Å². The molecule has 0 radical (unpaired) electrons. The van der Waals surface area contributed by atoms with Crippen molar-refractivity contribution < 1.29 is 9.53 Å². The normalized spacial score (nSPS) is 14.2. The molecule has 230 valence electrons. The van der Waals surface area contributed by atoms with Crippen molar-refractivity contribution in [3.8, 4) is 28.1 Å². The summed E-state index contributed by atoms with van der Waals surface area (Å²) >= 11 is 0. The van der Waals surface area contributed by atoms with Gasteiger partial charge in [0.25, 0.3) is 0 Å². The van der Waals surface area contributed by atoms with Gasteiger partial charge in [0.05, 0.1) is 36.1 Å². The van der Waals surface area contributed by atoms with Crippen molar-refractivity contribution in [2.45, 2.75) is 26.2 Å². The van der Waals surface area contributed by atoms with Gasteiger partial charge in [0, 0.05) is 88.9 Å². The average molecular weight is 604 g/mol. The van der Waals surface area contributed by atoms with E-state index in [1.165, 1.54) is 5.56 Å². The van der Waals surface area contributed by atoms with Crippen LogP contribution in [0.25, 0.3) is 22.4 Å². The number of fused-ring (bicyclic) bond motifs is 3. The predicted molar refractivity (Wildman–Crippen MR) is 174 cm³/mol. The highest BCUT2D eigenvalue weighted by molar-refractivity contribution is 5.75. The zero-order valence-corrected chi connectivity index (χ0v) is 26.1. The Kier molecular flexibility index (Phi) is 7.44. The highest BCUT2D eigenvalue weighted by atomic mass is 16.5. The second-order valence-electron chi connectivity index (χ2n) is 11.7. The molecular formula is C34H37N9O2. The smallest absolute Gasteiger partial charge is 0.227 e. The molecule has 0 unspecified atom stereocenters. The number of methoxy groups -OCH3 is 1. The van der Waals surface area contributed by atoms with E-state index in [4.69, 9.17) is 14.8 Å². The summed E-state index contributed by atoms with van der Waals surface area (Å²) in [5.74, 6) is 1.34. The lowest BCUT2D eigenvalue weighted by Crippen LogP contribution is -2.48. The number of hydrogen-bond acceptors (Lipinski definition) is 8. The van der Waals surface area contributed by atoms with Gasteiger partial charge in [0.15, 0.2) is 0 Å². The molecule has 3 aromatic heterocycles. The SMILES string of the molecule is COc1cc(N2CCN(C(C)=O)CC2)ccc1Nc1ncc2c(n1)-c1c(nn(C)c1Cc1cccc(-c3cnn(C)c3)c1)CC2. The monoisotopic (exact) mass is 603 g/mol. The largest absolute Gasteiger partial charge is 0.494 e. The Labute approximate surface area is 262 Å². The van der Waals surface area contributed by atoms with Gasteiger partial charge in [-0.15, -0.1) is 0 Å². The van der Waals surface area contributed by atoms with Crippen LogP contribution in [0.2, 0.25) is 0 Å². The molecule has 0 spiro atoms. The molecule has 11 heteroatoms. The molecule has 4 heterocycles. The molecule has 1 fully saturated rings. The fraction of sp³-hybridized carbons (Fsp3) is 0.324. The Morgan fingerprint density at radius 3 is 2.60 bits per heavy atom. The highest BCUT2D eigenvalue weighted by Gasteiger charge is 2.27. The number of aryl methyl sites for hydroxylation is 4. The lowest BCUT2D eigenvalue weighted by molar-refractivity contribution is -0.129. The van der Waals surface area contributed by atoms with Crippen LogP contribution in [0.3, 0.4) is 0 Å². The minimum absolute atomic E-state index is 0.123. The maximum Gasteiger partial charge on any atom is 0.227 e. The van der Waals surface area contributed by atoms with Gasteiger partial charge in [-0.25, -0.2) is 9.97 Å². The van der Waals surface area contributed by atoms with Gasteiger partial charge in [-0.3, -0.25) is 14.2 Å². The molecule has 45 heavy (non-hydrogen) atoms. The predicted octanol–water partition coefficient (Wildman–Crippen LogP) is 4.39. The number of ether oxygens (including phenoxy) is 1. The Bertz CT molecular complexity index is 1880. The Morgan fingerprint density at radius 1 is 1.00 bits per heavy atom. The number of carbonyl (C=O) groups is 1. The van der Waals surface area contributed by atoms with E-state index < -0.39 is 0 Å². The molecule has 1 N–H and O–H groups in total. The molecule has 1 aliphatic heterocycles. The minimum Gasteiger partial charge on any atom is -0.494 e. The Morgan fingerprint density at radius 2 is 1.84 bits per heavy atom. The van der Waals surface area contributed by atoms with Crippen LogP contribution in [-0.2, 0) is 38.2 Å².